The first-order valence-corrected chi connectivity index (χ1v) is 5.25. The van der Waals surface area contributed by atoms with Gasteiger partial charge in [0.2, 0.25) is 0 Å². The van der Waals surface area contributed by atoms with Crippen LogP contribution in [0.3, 0.4) is 0 Å². The molecule has 0 bridgehead atoms. The van der Waals surface area contributed by atoms with Crippen LogP contribution in [-0.4, -0.2) is 24.8 Å². The lowest BCUT2D eigenvalue weighted by Crippen LogP contribution is -2.19. The zero-order valence-electron chi connectivity index (χ0n) is 8.51. The van der Waals surface area contributed by atoms with E-state index in [0.717, 1.165) is 19.4 Å². The molecule has 1 aliphatic carbocycles. The highest BCUT2D eigenvalue weighted by Crippen LogP contribution is 2.30. The fourth-order valence-electron chi connectivity index (χ4n) is 2.09. The van der Waals surface area contributed by atoms with Crippen LogP contribution in [0.4, 0.5) is 0 Å². The van der Waals surface area contributed by atoms with E-state index in [1.807, 2.05) is 6.92 Å². The zero-order chi connectivity index (χ0) is 9.97. The van der Waals surface area contributed by atoms with Crippen LogP contribution >= 0.6 is 0 Å². The van der Waals surface area contributed by atoms with E-state index in [0.29, 0.717) is 12.3 Å². The van der Waals surface area contributed by atoms with Crippen LogP contribution in [0, 0.1) is 0 Å². The van der Waals surface area contributed by atoms with Crippen LogP contribution in [0.25, 0.3) is 0 Å². The minimum atomic E-state index is -0.237. The van der Waals surface area contributed by atoms with Crippen molar-refractivity contribution in [1.29, 1.82) is 0 Å². The molecule has 3 heteroatoms. The summed E-state index contributed by atoms with van der Waals surface area (Å²) in [6, 6.07) is 0. The molecule has 1 aliphatic heterocycles. The average molecular weight is 193 g/mol. The summed E-state index contributed by atoms with van der Waals surface area (Å²) in [6.45, 7) is 2.98. The van der Waals surface area contributed by atoms with Gasteiger partial charge < -0.3 is 4.74 Å². The van der Waals surface area contributed by atoms with Crippen molar-refractivity contribution in [1.82, 2.24) is 0 Å². The van der Waals surface area contributed by atoms with Gasteiger partial charge in [-0.3, -0.25) is 4.99 Å². The Hall–Kier alpha value is -1.12. The first kappa shape index (κ1) is 9.44. The minimum Gasteiger partial charge on any atom is -0.461 e. The Labute approximate surface area is 83.9 Å². The third kappa shape index (κ3) is 1.59. The Morgan fingerprint density at radius 1 is 1.43 bits per heavy atom. The van der Waals surface area contributed by atoms with E-state index in [1.54, 1.807) is 0 Å². The molecule has 0 N–H and O–H groups in total. The van der Waals surface area contributed by atoms with Gasteiger partial charge in [0.15, 0.2) is 0 Å². The number of ether oxygens (including phenoxy) is 1. The first-order valence-electron chi connectivity index (χ1n) is 5.25. The molecule has 0 saturated carbocycles. The van der Waals surface area contributed by atoms with Crippen LogP contribution in [-0.2, 0) is 9.53 Å². The van der Waals surface area contributed by atoms with E-state index in [9.17, 15) is 4.79 Å². The van der Waals surface area contributed by atoms with Crippen molar-refractivity contribution < 1.29 is 9.53 Å². The van der Waals surface area contributed by atoms with E-state index >= 15 is 0 Å². The Morgan fingerprint density at radius 3 is 3.00 bits per heavy atom. The fourth-order valence-corrected chi connectivity index (χ4v) is 2.09. The second-order valence-electron chi connectivity index (χ2n) is 3.67. The number of carbonyl (C=O) groups excluding carboxylic acids is 1. The van der Waals surface area contributed by atoms with Crippen molar-refractivity contribution in [3.05, 3.63) is 11.1 Å². The summed E-state index contributed by atoms with van der Waals surface area (Å²) in [5, 5.41) is 0. The summed E-state index contributed by atoms with van der Waals surface area (Å²) in [6.07, 6.45) is 4.54. The van der Waals surface area contributed by atoms with Crippen LogP contribution in [0.2, 0.25) is 0 Å². The maximum atomic E-state index is 11.5. The highest BCUT2D eigenvalue weighted by atomic mass is 16.5. The molecule has 1 heterocycles. The van der Waals surface area contributed by atoms with Crippen LogP contribution < -0.4 is 0 Å². The lowest BCUT2D eigenvalue weighted by atomic mass is 9.91. The normalized spacial score (nSPS) is 20.5. The number of esters is 1. The quantitative estimate of drug-likeness (QED) is 0.628. The van der Waals surface area contributed by atoms with Gasteiger partial charge in [-0.25, -0.2) is 4.79 Å². The van der Waals surface area contributed by atoms with Crippen molar-refractivity contribution in [3.8, 4) is 0 Å². The molecular weight excluding hydrogens is 178 g/mol. The molecule has 0 unspecified atom stereocenters. The van der Waals surface area contributed by atoms with Crippen LogP contribution in [0.15, 0.2) is 16.1 Å². The summed E-state index contributed by atoms with van der Waals surface area (Å²) in [7, 11) is 0. The highest BCUT2D eigenvalue weighted by molar-refractivity contribution is 6.44. The smallest absolute Gasteiger partial charge is 0.356 e. The fraction of sp³-hybridized carbons (Fsp3) is 0.636. The third-order valence-electron chi connectivity index (χ3n) is 2.76. The average Bonchev–Trinajstić information content (AvgIpc) is 2.61. The summed E-state index contributed by atoms with van der Waals surface area (Å²) < 4.78 is 4.97. The lowest BCUT2D eigenvalue weighted by Gasteiger charge is -2.14. The van der Waals surface area contributed by atoms with Gasteiger partial charge in [-0.2, -0.15) is 0 Å². The van der Waals surface area contributed by atoms with Crippen molar-refractivity contribution in [2.45, 2.75) is 32.6 Å². The summed E-state index contributed by atoms with van der Waals surface area (Å²) in [5.41, 5.74) is 3.13. The van der Waals surface area contributed by atoms with E-state index < -0.39 is 0 Å². The molecule has 0 aromatic carbocycles. The number of hydrogen-bond acceptors (Lipinski definition) is 3. The monoisotopic (exact) mass is 193 g/mol. The van der Waals surface area contributed by atoms with Crippen molar-refractivity contribution in [2.24, 2.45) is 4.99 Å². The SMILES string of the molecule is CCOC(=O)C1=NCC2=C1CCCC2. The maximum absolute atomic E-state index is 11.5. The summed E-state index contributed by atoms with van der Waals surface area (Å²) in [5.74, 6) is -0.237. The maximum Gasteiger partial charge on any atom is 0.356 e. The second-order valence-corrected chi connectivity index (χ2v) is 3.67. The molecule has 0 fully saturated rings. The zero-order valence-corrected chi connectivity index (χ0v) is 8.51. The van der Waals surface area contributed by atoms with Gasteiger partial charge in [-0.15, -0.1) is 0 Å². The van der Waals surface area contributed by atoms with E-state index in [4.69, 9.17) is 4.74 Å². The van der Waals surface area contributed by atoms with E-state index in [1.165, 1.54) is 24.0 Å². The van der Waals surface area contributed by atoms with Gasteiger partial charge in [-0.05, 0) is 43.8 Å². The molecule has 0 atom stereocenters. The molecule has 0 amide bonds. The van der Waals surface area contributed by atoms with Gasteiger partial charge in [0, 0.05) is 0 Å². The predicted octanol–water partition coefficient (Wildman–Crippen LogP) is 1.87. The molecular formula is C11H15NO2. The second kappa shape index (κ2) is 3.95. The van der Waals surface area contributed by atoms with Gasteiger partial charge in [-0.1, -0.05) is 0 Å². The van der Waals surface area contributed by atoms with Gasteiger partial charge in [0.05, 0.1) is 13.2 Å². The van der Waals surface area contributed by atoms with Crippen LogP contribution in [0.1, 0.15) is 32.6 Å². The molecule has 2 aliphatic rings. The summed E-state index contributed by atoms with van der Waals surface area (Å²) >= 11 is 0. The molecule has 14 heavy (non-hydrogen) atoms. The third-order valence-corrected chi connectivity index (χ3v) is 2.76. The largest absolute Gasteiger partial charge is 0.461 e. The molecule has 3 nitrogen and oxygen atoms in total. The Bertz CT molecular complexity index is 315. The number of aliphatic imine (C=N–C) groups is 1. The van der Waals surface area contributed by atoms with Crippen molar-refractivity contribution in [2.75, 3.05) is 13.2 Å². The Kier molecular flexibility index (Phi) is 2.66. The van der Waals surface area contributed by atoms with Crippen molar-refractivity contribution >= 4 is 11.7 Å². The van der Waals surface area contributed by atoms with Gasteiger partial charge in [0.25, 0.3) is 0 Å². The minimum absolute atomic E-state index is 0.237. The van der Waals surface area contributed by atoms with Crippen LogP contribution in [0.5, 0.6) is 0 Å². The molecule has 0 aromatic rings. The molecule has 0 aromatic heterocycles. The molecule has 2 rings (SSSR count). The molecule has 0 spiro atoms. The number of carbonyl (C=O) groups is 1. The topological polar surface area (TPSA) is 38.7 Å². The molecule has 0 saturated heterocycles. The van der Waals surface area contributed by atoms with E-state index in [2.05, 4.69) is 4.99 Å². The standard InChI is InChI=1S/C11H15NO2/c1-2-14-11(13)10-9-6-4-3-5-8(9)7-12-10/h2-7H2,1H3. The first-order chi connectivity index (χ1) is 6.83. The van der Waals surface area contributed by atoms with Gasteiger partial charge >= 0.3 is 5.97 Å². The van der Waals surface area contributed by atoms with Crippen molar-refractivity contribution in [3.63, 3.8) is 0 Å². The molecule has 76 valence electrons. The molecule has 0 radical (unpaired) electrons. The number of hydrogen-bond donors (Lipinski definition) is 0. The highest BCUT2D eigenvalue weighted by Gasteiger charge is 2.27. The number of nitrogens with zero attached hydrogens (tertiary/aromatic N) is 1. The Morgan fingerprint density at radius 2 is 2.21 bits per heavy atom. The lowest BCUT2D eigenvalue weighted by molar-refractivity contribution is -0.134. The number of rotatable bonds is 2. The van der Waals surface area contributed by atoms with E-state index in [-0.39, 0.29) is 5.97 Å². The Balaban J connectivity index is 2.14. The predicted molar refractivity (Wildman–Crippen MR) is 54.4 cm³/mol. The summed E-state index contributed by atoms with van der Waals surface area (Å²) in [4.78, 5) is 15.8. The van der Waals surface area contributed by atoms with Gasteiger partial charge in [0.1, 0.15) is 5.71 Å².